The van der Waals surface area contributed by atoms with Crippen LogP contribution < -0.4 is 0 Å². The van der Waals surface area contributed by atoms with E-state index in [1.54, 1.807) is 16.7 Å². The zero-order valence-corrected chi connectivity index (χ0v) is 13.4. The highest BCUT2D eigenvalue weighted by atomic mass is 35.5. The van der Waals surface area contributed by atoms with E-state index in [9.17, 15) is 4.79 Å². The first kappa shape index (κ1) is 14.7. The molecule has 0 radical (unpaired) electrons. The lowest BCUT2D eigenvalue weighted by molar-refractivity contribution is 0.0754. The SMILES string of the molecule is Cc1nc2c(Cl)cc(Cl)cn2c1C(=O)N1CCCCCC1. The van der Waals surface area contributed by atoms with E-state index in [1.807, 2.05) is 11.8 Å². The number of nitrogens with zero attached hydrogens (tertiary/aromatic N) is 3. The summed E-state index contributed by atoms with van der Waals surface area (Å²) >= 11 is 12.2. The number of amides is 1. The van der Waals surface area contributed by atoms with Gasteiger partial charge in [0.2, 0.25) is 0 Å². The van der Waals surface area contributed by atoms with Crippen molar-refractivity contribution >= 4 is 34.8 Å². The third-order valence-corrected chi connectivity index (χ3v) is 4.40. The van der Waals surface area contributed by atoms with Gasteiger partial charge in [0, 0.05) is 19.3 Å². The highest BCUT2D eigenvalue weighted by Gasteiger charge is 2.24. The zero-order chi connectivity index (χ0) is 15.0. The summed E-state index contributed by atoms with van der Waals surface area (Å²) in [5, 5.41) is 0.954. The number of aryl methyl sites for hydroxylation is 1. The van der Waals surface area contributed by atoms with Gasteiger partial charge in [-0.3, -0.25) is 9.20 Å². The van der Waals surface area contributed by atoms with Crippen LogP contribution in [0.2, 0.25) is 10.0 Å². The average Bonchev–Trinajstić information content (AvgIpc) is 2.64. The topological polar surface area (TPSA) is 37.6 Å². The fourth-order valence-corrected chi connectivity index (χ4v) is 3.38. The van der Waals surface area contributed by atoms with Gasteiger partial charge in [-0.05, 0) is 25.8 Å². The maximum Gasteiger partial charge on any atom is 0.272 e. The van der Waals surface area contributed by atoms with E-state index >= 15 is 0 Å². The van der Waals surface area contributed by atoms with Crippen molar-refractivity contribution in [2.75, 3.05) is 13.1 Å². The molecule has 0 unspecified atom stereocenters. The van der Waals surface area contributed by atoms with Gasteiger partial charge >= 0.3 is 0 Å². The molecule has 0 atom stereocenters. The third kappa shape index (κ3) is 2.74. The molecule has 1 aliphatic heterocycles. The van der Waals surface area contributed by atoms with Crippen LogP contribution in [-0.4, -0.2) is 33.3 Å². The number of rotatable bonds is 1. The van der Waals surface area contributed by atoms with Gasteiger partial charge in [-0.2, -0.15) is 0 Å². The van der Waals surface area contributed by atoms with Gasteiger partial charge in [0.15, 0.2) is 5.65 Å². The Morgan fingerprint density at radius 1 is 1.19 bits per heavy atom. The second kappa shape index (κ2) is 5.85. The van der Waals surface area contributed by atoms with E-state index in [1.165, 1.54) is 12.8 Å². The number of halogens is 2. The quantitative estimate of drug-likeness (QED) is 0.795. The van der Waals surface area contributed by atoms with Crippen LogP contribution in [-0.2, 0) is 0 Å². The van der Waals surface area contributed by atoms with Crippen molar-refractivity contribution in [3.05, 3.63) is 33.7 Å². The van der Waals surface area contributed by atoms with E-state index in [2.05, 4.69) is 4.98 Å². The minimum Gasteiger partial charge on any atom is -0.337 e. The summed E-state index contributed by atoms with van der Waals surface area (Å²) in [7, 11) is 0. The summed E-state index contributed by atoms with van der Waals surface area (Å²) in [4.78, 5) is 19.2. The number of carbonyl (C=O) groups is 1. The molecule has 1 saturated heterocycles. The molecule has 0 saturated carbocycles. The Labute approximate surface area is 133 Å². The van der Waals surface area contributed by atoms with Gasteiger partial charge < -0.3 is 4.90 Å². The zero-order valence-electron chi connectivity index (χ0n) is 11.9. The summed E-state index contributed by atoms with van der Waals surface area (Å²) in [5.41, 5.74) is 1.83. The summed E-state index contributed by atoms with van der Waals surface area (Å²) in [6.07, 6.45) is 6.20. The Morgan fingerprint density at radius 3 is 2.52 bits per heavy atom. The maximum atomic E-state index is 12.8. The van der Waals surface area contributed by atoms with Crippen LogP contribution >= 0.6 is 23.2 Å². The van der Waals surface area contributed by atoms with Gasteiger partial charge in [0.25, 0.3) is 5.91 Å². The van der Waals surface area contributed by atoms with Crippen molar-refractivity contribution in [3.8, 4) is 0 Å². The molecule has 6 heteroatoms. The van der Waals surface area contributed by atoms with Crippen molar-refractivity contribution in [1.82, 2.24) is 14.3 Å². The molecule has 0 bridgehead atoms. The Bertz CT molecular complexity index is 688. The number of likely N-dealkylation sites (tertiary alicyclic amines) is 1. The fourth-order valence-electron chi connectivity index (χ4n) is 2.87. The lowest BCUT2D eigenvalue weighted by atomic mass is 10.2. The van der Waals surface area contributed by atoms with Gasteiger partial charge in [-0.1, -0.05) is 36.0 Å². The molecule has 0 aliphatic carbocycles. The maximum absolute atomic E-state index is 12.8. The van der Waals surface area contributed by atoms with Crippen molar-refractivity contribution in [2.24, 2.45) is 0 Å². The smallest absolute Gasteiger partial charge is 0.272 e. The molecular weight excluding hydrogens is 309 g/mol. The van der Waals surface area contributed by atoms with Gasteiger partial charge in [0.05, 0.1) is 15.7 Å². The van der Waals surface area contributed by atoms with Crippen LogP contribution in [0.1, 0.15) is 41.9 Å². The van der Waals surface area contributed by atoms with E-state index in [0.717, 1.165) is 25.9 Å². The van der Waals surface area contributed by atoms with Gasteiger partial charge in [0.1, 0.15) is 5.69 Å². The van der Waals surface area contributed by atoms with Crippen molar-refractivity contribution < 1.29 is 4.79 Å². The highest BCUT2D eigenvalue weighted by Crippen LogP contribution is 2.25. The number of hydrogen-bond acceptors (Lipinski definition) is 2. The van der Waals surface area contributed by atoms with Gasteiger partial charge in [-0.15, -0.1) is 0 Å². The van der Waals surface area contributed by atoms with Crippen LogP contribution in [0.25, 0.3) is 5.65 Å². The fraction of sp³-hybridized carbons (Fsp3) is 0.467. The monoisotopic (exact) mass is 325 g/mol. The molecule has 0 aromatic carbocycles. The van der Waals surface area contributed by atoms with Crippen LogP contribution in [0, 0.1) is 6.92 Å². The molecule has 2 aromatic heterocycles. The average molecular weight is 326 g/mol. The summed E-state index contributed by atoms with van der Waals surface area (Å²) in [6.45, 7) is 3.45. The summed E-state index contributed by atoms with van der Waals surface area (Å²) in [5.74, 6) is 0.0141. The molecule has 112 valence electrons. The van der Waals surface area contributed by atoms with E-state index in [4.69, 9.17) is 23.2 Å². The van der Waals surface area contributed by atoms with Crippen molar-refractivity contribution in [3.63, 3.8) is 0 Å². The third-order valence-electron chi connectivity index (χ3n) is 3.91. The first-order valence-electron chi connectivity index (χ1n) is 7.21. The molecule has 0 spiro atoms. The van der Waals surface area contributed by atoms with Crippen molar-refractivity contribution in [1.29, 1.82) is 0 Å². The standard InChI is InChI=1S/C15H17Cl2N3O/c1-10-13(15(21)19-6-4-2-3-5-7-19)20-9-11(16)8-12(17)14(20)18-10/h8-9H,2-7H2,1H3. The molecule has 1 fully saturated rings. The molecule has 0 N–H and O–H groups in total. The highest BCUT2D eigenvalue weighted by molar-refractivity contribution is 6.36. The first-order chi connectivity index (χ1) is 10.1. The Kier molecular flexibility index (Phi) is 4.09. The van der Waals surface area contributed by atoms with Gasteiger partial charge in [-0.25, -0.2) is 4.98 Å². The predicted molar refractivity (Wildman–Crippen MR) is 84.3 cm³/mol. The molecule has 2 aromatic rings. The molecular formula is C15H17Cl2N3O. The Balaban J connectivity index is 2.06. The minimum atomic E-state index is 0.0141. The normalized spacial score (nSPS) is 16.2. The lowest BCUT2D eigenvalue weighted by Gasteiger charge is -2.20. The number of hydrogen-bond donors (Lipinski definition) is 0. The largest absolute Gasteiger partial charge is 0.337 e. The number of aromatic nitrogens is 2. The van der Waals surface area contributed by atoms with E-state index in [0.29, 0.717) is 27.1 Å². The molecule has 1 aliphatic rings. The number of imidazole rings is 1. The predicted octanol–water partition coefficient (Wildman–Crippen LogP) is 3.97. The van der Waals surface area contributed by atoms with E-state index in [-0.39, 0.29) is 5.91 Å². The van der Waals surface area contributed by atoms with Crippen LogP contribution in [0.4, 0.5) is 0 Å². The molecule has 1 amide bonds. The van der Waals surface area contributed by atoms with Crippen LogP contribution in [0.5, 0.6) is 0 Å². The number of fused-ring (bicyclic) bond motifs is 1. The van der Waals surface area contributed by atoms with E-state index < -0.39 is 0 Å². The molecule has 3 heterocycles. The second-order valence-corrected chi connectivity index (χ2v) is 6.30. The summed E-state index contributed by atoms with van der Waals surface area (Å²) < 4.78 is 1.72. The van der Waals surface area contributed by atoms with Crippen molar-refractivity contribution in [2.45, 2.75) is 32.6 Å². The molecule has 21 heavy (non-hydrogen) atoms. The Morgan fingerprint density at radius 2 is 1.86 bits per heavy atom. The molecule has 3 rings (SSSR count). The minimum absolute atomic E-state index is 0.0141. The summed E-state index contributed by atoms with van der Waals surface area (Å²) in [6, 6.07) is 1.64. The lowest BCUT2D eigenvalue weighted by Crippen LogP contribution is -2.33. The second-order valence-electron chi connectivity index (χ2n) is 5.45. The van der Waals surface area contributed by atoms with Crippen LogP contribution in [0.3, 0.4) is 0 Å². The molecule has 4 nitrogen and oxygen atoms in total. The number of pyridine rings is 1. The first-order valence-corrected chi connectivity index (χ1v) is 7.96. The number of carbonyl (C=O) groups excluding carboxylic acids is 1. The van der Waals surface area contributed by atoms with Crippen LogP contribution in [0.15, 0.2) is 12.3 Å². The Hall–Kier alpha value is -1.26.